The Bertz CT molecular complexity index is 596. The number of nitrogens with zero attached hydrogens (tertiary/aromatic N) is 3. The van der Waals surface area contributed by atoms with Gasteiger partial charge in [-0.1, -0.05) is 6.92 Å². The third-order valence-electron chi connectivity index (χ3n) is 3.25. The number of amides is 1. The van der Waals surface area contributed by atoms with Crippen molar-refractivity contribution in [2.75, 3.05) is 12.0 Å². The standard InChI is InChI=1S/C13H17N3O4S/c1-5-6-9-14-12(21-15-9)16-10(17)7(2)8(3)11(16)20-13(18)19-4/h11H,5-6H2,1-4H3. The Morgan fingerprint density at radius 3 is 2.76 bits per heavy atom. The molecule has 0 fully saturated rings. The molecule has 2 rings (SSSR count). The van der Waals surface area contributed by atoms with Gasteiger partial charge in [-0.05, 0) is 25.8 Å². The van der Waals surface area contributed by atoms with Crippen molar-refractivity contribution in [3.05, 3.63) is 17.0 Å². The van der Waals surface area contributed by atoms with Crippen LogP contribution >= 0.6 is 11.5 Å². The molecule has 1 atom stereocenters. The molecule has 1 aliphatic rings. The molecule has 0 radical (unpaired) electrons. The van der Waals surface area contributed by atoms with Gasteiger partial charge in [-0.2, -0.15) is 4.37 Å². The molecule has 0 bridgehead atoms. The van der Waals surface area contributed by atoms with Crippen LogP contribution in [0.25, 0.3) is 0 Å². The number of aryl methyl sites for hydroxylation is 1. The Morgan fingerprint density at radius 1 is 1.43 bits per heavy atom. The summed E-state index contributed by atoms with van der Waals surface area (Å²) in [7, 11) is 1.22. The van der Waals surface area contributed by atoms with Gasteiger partial charge in [0.1, 0.15) is 5.82 Å². The fraction of sp³-hybridized carbons (Fsp3) is 0.538. The van der Waals surface area contributed by atoms with Crippen LogP contribution in [0.4, 0.5) is 9.93 Å². The summed E-state index contributed by atoms with van der Waals surface area (Å²) >= 11 is 1.12. The summed E-state index contributed by atoms with van der Waals surface area (Å²) in [6, 6.07) is 0. The molecule has 0 spiro atoms. The Labute approximate surface area is 126 Å². The lowest BCUT2D eigenvalue weighted by Gasteiger charge is -2.22. The summed E-state index contributed by atoms with van der Waals surface area (Å²) in [6.45, 7) is 5.47. The summed E-state index contributed by atoms with van der Waals surface area (Å²) in [6.07, 6.45) is -0.00729. The van der Waals surface area contributed by atoms with E-state index in [-0.39, 0.29) is 5.91 Å². The highest BCUT2D eigenvalue weighted by molar-refractivity contribution is 7.10. The monoisotopic (exact) mass is 311 g/mol. The van der Waals surface area contributed by atoms with E-state index >= 15 is 0 Å². The van der Waals surface area contributed by atoms with Crippen LogP contribution < -0.4 is 4.90 Å². The van der Waals surface area contributed by atoms with Crippen LogP contribution in [-0.2, 0) is 20.7 Å². The predicted molar refractivity (Wildman–Crippen MR) is 77.0 cm³/mol. The van der Waals surface area contributed by atoms with E-state index in [0.717, 1.165) is 24.4 Å². The van der Waals surface area contributed by atoms with Gasteiger partial charge in [0.05, 0.1) is 7.11 Å². The van der Waals surface area contributed by atoms with E-state index in [4.69, 9.17) is 4.74 Å². The van der Waals surface area contributed by atoms with Crippen LogP contribution in [0.2, 0.25) is 0 Å². The van der Waals surface area contributed by atoms with Crippen molar-refractivity contribution in [3.8, 4) is 0 Å². The average Bonchev–Trinajstić information content (AvgIpc) is 2.99. The number of rotatable bonds is 4. The molecule has 0 saturated heterocycles. The van der Waals surface area contributed by atoms with Crippen LogP contribution in [0.1, 0.15) is 33.0 Å². The summed E-state index contributed by atoms with van der Waals surface area (Å²) < 4.78 is 13.9. The first-order valence-corrected chi connectivity index (χ1v) is 7.35. The van der Waals surface area contributed by atoms with Gasteiger partial charge in [-0.25, -0.2) is 14.7 Å². The number of ether oxygens (including phenoxy) is 2. The number of carbonyl (C=O) groups is 2. The van der Waals surface area contributed by atoms with E-state index in [2.05, 4.69) is 14.1 Å². The second-order valence-electron chi connectivity index (χ2n) is 4.65. The zero-order chi connectivity index (χ0) is 15.6. The van der Waals surface area contributed by atoms with Crippen molar-refractivity contribution in [1.29, 1.82) is 0 Å². The molecule has 7 nitrogen and oxygen atoms in total. The molecular weight excluding hydrogens is 294 g/mol. The maximum Gasteiger partial charge on any atom is 0.510 e. The first-order valence-electron chi connectivity index (χ1n) is 6.57. The van der Waals surface area contributed by atoms with Crippen LogP contribution in [0, 0.1) is 0 Å². The molecule has 1 unspecified atom stereocenters. The number of hydrogen-bond acceptors (Lipinski definition) is 7. The quantitative estimate of drug-likeness (QED) is 0.793. The predicted octanol–water partition coefficient (Wildman–Crippen LogP) is 2.28. The SMILES string of the molecule is CCCc1nsc(N2C(=O)C(C)=C(C)C2OC(=O)OC)n1. The van der Waals surface area contributed by atoms with E-state index in [9.17, 15) is 9.59 Å². The fourth-order valence-corrected chi connectivity index (χ4v) is 2.70. The van der Waals surface area contributed by atoms with Crippen LogP contribution in [-0.4, -0.2) is 34.8 Å². The van der Waals surface area contributed by atoms with Gasteiger partial charge in [-0.15, -0.1) is 0 Å². The van der Waals surface area contributed by atoms with Gasteiger partial charge >= 0.3 is 6.16 Å². The molecule has 21 heavy (non-hydrogen) atoms. The number of aromatic nitrogens is 2. The van der Waals surface area contributed by atoms with Crippen LogP contribution in [0.5, 0.6) is 0 Å². The van der Waals surface area contributed by atoms with Crippen molar-refractivity contribution in [1.82, 2.24) is 9.36 Å². The van der Waals surface area contributed by atoms with Gasteiger partial charge in [0.25, 0.3) is 5.91 Å². The molecule has 0 N–H and O–H groups in total. The highest BCUT2D eigenvalue weighted by Crippen LogP contribution is 2.32. The minimum absolute atomic E-state index is 0.236. The lowest BCUT2D eigenvalue weighted by Crippen LogP contribution is -2.38. The van der Waals surface area contributed by atoms with Crippen molar-refractivity contribution in [3.63, 3.8) is 0 Å². The molecule has 1 aliphatic heterocycles. The first-order chi connectivity index (χ1) is 9.99. The highest BCUT2D eigenvalue weighted by Gasteiger charge is 2.40. The molecule has 1 amide bonds. The van der Waals surface area contributed by atoms with E-state index in [1.54, 1.807) is 13.8 Å². The van der Waals surface area contributed by atoms with Gasteiger partial charge < -0.3 is 9.47 Å². The average molecular weight is 311 g/mol. The van der Waals surface area contributed by atoms with Crippen molar-refractivity contribution in [2.45, 2.75) is 39.8 Å². The minimum Gasteiger partial charge on any atom is -0.438 e. The van der Waals surface area contributed by atoms with Crippen LogP contribution in [0.3, 0.4) is 0 Å². The van der Waals surface area contributed by atoms with Gasteiger partial charge in [0.15, 0.2) is 0 Å². The fourth-order valence-electron chi connectivity index (χ4n) is 1.97. The Balaban J connectivity index is 2.30. The number of anilines is 1. The number of carbonyl (C=O) groups excluding carboxylic acids is 2. The first kappa shape index (κ1) is 15.4. The lowest BCUT2D eigenvalue weighted by molar-refractivity contribution is -0.115. The van der Waals surface area contributed by atoms with Crippen molar-refractivity contribution >= 4 is 28.7 Å². The molecule has 1 aromatic heterocycles. The molecule has 0 aliphatic carbocycles. The second-order valence-corrected chi connectivity index (χ2v) is 5.38. The molecule has 114 valence electrons. The van der Waals surface area contributed by atoms with Crippen molar-refractivity contribution < 1.29 is 19.1 Å². The molecule has 0 saturated carbocycles. The van der Waals surface area contributed by atoms with E-state index < -0.39 is 12.4 Å². The Morgan fingerprint density at radius 2 is 2.14 bits per heavy atom. The van der Waals surface area contributed by atoms with Gasteiger partial charge in [0, 0.05) is 23.5 Å². The zero-order valence-corrected chi connectivity index (χ0v) is 13.2. The largest absolute Gasteiger partial charge is 0.510 e. The normalized spacial score (nSPS) is 18.4. The Kier molecular flexibility index (Phi) is 4.56. The van der Waals surface area contributed by atoms with Crippen LogP contribution in [0.15, 0.2) is 11.1 Å². The molecule has 0 aromatic carbocycles. The highest BCUT2D eigenvalue weighted by atomic mass is 32.1. The molecule has 8 heteroatoms. The molecule has 1 aromatic rings. The Hall–Kier alpha value is -1.96. The molecular formula is C13H17N3O4S. The van der Waals surface area contributed by atoms with Gasteiger partial charge in [-0.3, -0.25) is 4.79 Å². The summed E-state index contributed by atoms with van der Waals surface area (Å²) in [4.78, 5) is 29.4. The van der Waals surface area contributed by atoms with Crippen molar-refractivity contribution in [2.24, 2.45) is 0 Å². The smallest absolute Gasteiger partial charge is 0.438 e. The summed E-state index contributed by atoms with van der Waals surface area (Å²) in [5.74, 6) is 0.449. The van der Waals surface area contributed by atoms with Gasteiger partial charge in [0.2, 0.25) is 11.4 Å². The van der Waals surface area contributed by atoms with E-state index in [1.807, 2.05) is 6.92 Å². The lowest BCUT2D eigenvalue weighted by atomic mass is 10.2. The maximum absolute atomic E-state index is 12.3. The number of hydrogen-bond donors (Lipinski definition) is 0. The minimum atomic E-state index is -0.842. The topological polar surface area (TPSA) is 81.6 Å². The van der Waals surface area contributed by atoms with E-state index in [0.29, 0.717) is 22.1 Å². The summed E-state index contributed by atoms with van der Waals surface area (Å²) in [5, 5.41) is 0.425. The third kappa shape index (κ3) is 2.90. The zero-order valence-electron chi connectivity index (χ0n) is 12.4. The molecule has 2 heterocycles. The van der Waals surface area contributed by atoms with E-state index in [1.165, 1.54) is 12.0 Å². The third-order valence-corrected chi connectivity index (χ3v) is 4.00. The number of methoxy groups -OCH3 is 1. The maximum atomic E-state index is 12.3. The second kappa shape index (κ2) is 6.21. The summed E-state index contributed by atoms with van der Waals surface area (Å²) in [5.41, 5.74) is 1.20.